The molecule has 0 unspecified atom stereocenters. The summed E-state index contributed by atoms with van der Waals surface area (Å²) in [5, 5.41) is 0. The summed E-state index contributed by atoms with van der Waals surface area (Å²) in [6.07, 6.45) is 3.92. The fourth-order valence-corrected chi connectivity index (χ4v) is 2.58. The van der Waals surface area contributed by atoms with Crippen LogP contribution in [0.25, 0.3) is 11.6 Å². The van der Waals surface area contributed by atoms with Crippen LogP contribution < -0.4 is 0 Å². The molecule has 0 N–H and O–H groups in total. The van der Waals surface area contributed by atoms with Crippen molar-refractivity contribution in [3.05, 3.63) is 83.4 Å². The summed E-state index contributed by atoms with van der Waals surface area (Å²) in [4.78, 5) is 0. The Hall–Kier alpha value is -2.08. The van der Waals surface area contributed by atoms with Crippen molar-refractivity contribution in [2.75, 3.05) is 0 Å². The first-order chi connectivity index (χ1) is 9.65. The number of hydrogen-bond donors (Lipinski definition) is 0. The molecular formula is C20H22. The van der Waals surface area contributed by atoms with Crippen molar-refractivity contribution in [2.24, 2.45) is 0 Å². The average molecular weight is 262 g/mol. The molecule has 0 amide bonds. The maximum Gasteiger partial charge on any atom is -0.00197 e. The topological polar surface area (TPSA) is 0 Å². The fraction of sp³-hybridized carbons (Fsp3) is 0.200. The third-order valence-corrected chi connectivity index (χ3v) is 3.68. The van der Waals surface area contributed by atoms with Gasteiger partial charge in [0.15, 0.2) is 0 Å². The first kappa shape index (κ1) is 14.3. The zero-order valence-corrected chi connectivity index (χ0v) is 12.4. The summed E-state index contributed by atoms with van der Waals surface area (Å²) < 4.78 is 0. The van der Waals surface area contributed by atoms with Crippen LogP contribution in [-0.2, 0) is 12.8 Å². The van der Waals surface area contributed by atoms with Crippen LogP contribution in [0.4, 0.5) is 0 Å². The molecule has 0 radical (unpaired) electrons. The summed E-state index contributed by atoms with van der Waals surface area (Å²) in [7, 11) is 0. The number of allylic oxidation sites excluding steroid dienone is 1. The van der Waals surface area contributed by atoms with Crippen molar-refractivity contribution in [1.29, 1.82) is 0 Å². The summed E-state index contributed by atoms with van der Waals surface area (Å²) >= 11 is 0. The minimum atomic E-state index is 0.950. The first-order valence-corrected chi connectivity index (χ1v) is 7.13. The molecule has 2 rings (SSSR count). The third-order valence-electron chi connectivity index (χ3n) is 3.68. The SMILES string of the molecule is C=Cc1ccccc1Cc1ccc(C(=C)C)c(CC)c1. The van der Waals surface area contributed by atoms with E-state index >= 15 is 0 Å². The van der Waals surface area contributed by atoms with Gasteiger partial charge in [-0.2, -0.15) is 0 Å². The lowest BCUT2D eigenvalue weighted by Crippen LogP contribution is -1.96. The van der Waals surface area contributed by atoms with Gasteiger partial charge in [0.05, 0.1) is 0 Å². The molecule has 0 heterocycles. The van der Waals surface area contributed by atoms with E-state index < -0.39 is 0 Å². The van der Waals surface area contributed by atoms with Gasteiger partial charge < -0.3 is 0 Å². The van der Waals surface area contributed by atoms with E-state index in [0.717, 1.165) is 18.4 Å². The summed E-state index contributed by atoms with van der Waals surface area (Å²) in [6, 6.07) is 15.2. The van der Waals surface area contributed by atoms with Crippen molar-refractivity contribution in [1.82, 2.24) is 0 Å². The Kier molecular flexibility index (Phi) is 4.57. The second-order valence-corrected chi connectivity index (χ2v) is 5.21. The van der Waals surface area contributed by atoms with Crippen LogP contribution >= 0.6 is 0 Å². The van der Waals surface area contributed by atoms with Crippen molar-refractivity contribution in [3.8, 4) is 0 Å². The molecule has 0 aliphatic carbocycles. The lowest BCUT2D eigenvalue weighted by molar-refractivity contribution is 1.10. The first-order valence-electron chi connectivity index (χ1n) is 7.13. The van der Waals surface area contributed by atoms with E-state index in [0.29, 0.717) is 0 Å². The van der Waals surface area contributed by atoms with Crippen molar-refractivity contribution < 1.29 is 0 Å². The van der Waals surface area contributed by atoms with E-state index in [2.05, 4.69) is 69.5 Å². The van der Waals surface area contributed by atoms with Crippen LogP contribution in [-0.4, -0.2) is 0 Å². The molecule has 102 valence electrons. The molecule has 0 aromatic heterocycles. The highest BCUT2D eigenvalue weighted by molar-refractivity contribution is 5.65. The number of benzene rings is 2. The smallest absolute Gasteiger partial charge is 0.00197 e. The van der Waals surface area contributed by atoms with Gasteiger partial charge >= 0.3 is 0 Å². The van der Waals surface area contributed by atoms with Gasteiger partial charge in [0, 0.05) is 0 Å². The second kappa shape index (κ2) is 6.38. The predicted octanol–water partition coefficient (Wildman–Crippen LogP) is 5.52. The van der Waals surface area contributed by atoms with E-state index in [4.69, 9.17) is 0 Å². The van der Waals surface area contributed by atoms with E-state index in [1.165, 1.54) is 27.8 Å². The number of aryl methyl sites for hydroxylation is 1. The molecule has 2 aromatic carbocycles. The Morgan fingerprint density at radius 2 is 1.85 bits per heavy atom. The molecule has 0 saturated heterocycles. The van der Waals surface area contributed by atoms with Crippen molar-refractivity contribution in [3.63, 3.8) is 0 Å². The highest BCUT2D eigenvalue weighted by atomic mass is 14.1. The molecule has 20 heavy (non-hydrogen) atoms. The lowest BCUT2D eigenvalue weighted by Gasteiger charge is -2.11. The second-order valence-electron chi connectivity index (χ2n) is 5.21. The maximum atomic E-state index is 4.06. The van der Waals surface area contributed by atoms with Gasteiger partial charge in [-0.25, -0.2) is 0 Å². The summed E-state index contributed by atoms with van der Waals surface area (Å²) in [5.41, 5.74) is 7.70. The van der Waals surface area contributed by atoms with E-state index in [9.17, 15) is 0 Å². The molecule has 0 heteroatoms. The largest absolute Gasteiger partial charge is 0.0985 e. The zero-order valence-electron chi connectivity index (χ0n) is 12.4. The van der Waals surface area contributed by atoms with Crippen LogP contribution in [0.3, 0.4) is 0 Å². The normalized spacial score (nSPS) is 10.3. The molecule has 0 bridgehead atoms. The highest BCUT2D eigenvalue weighted by Crippen LogP contribution is 2.22. The molecule has 0 atom stereocenters. The monoisotopic (exact) mass is 262 g/mol. The van der Waals surface area contributed by atoms with Gasteiger partial charge in [-0.3, -0.25) is 0 Å². The Bertz CT molecular complexity index is 632. The van der Waals surface area contributed by atoms with Gasteiger partial charge in [0.1, 0.15) is 0 Å². The van der Waals surface area contributed by atoms with Gasteiger partial charge in [-0.05, 0) is 47.6 Å². The van der Waals surface area contributed by atoms with Gasteiger partial charge in [0.25, 0.3) is 0 Å². The minimum Gasteiger partial charge on any atom is -0.0985 e. The molecule has 0 fully saturated rings. The average Bonchev–Trinajstić information content (AvgIpc) is 2.47. The lowest BCUT2D eigenvalue weighted by atomic mass is 9.94. The molecule has 0 aliphatic rings. The minimum absolute atomic E-state index is 0.950. The Balaban J connectivity index is 2.35. The third kappa shape index (κ3) is 3.08. The molecular weight excluding hydrogens is 240 g/mol. The van der Waals surface area contributed by atoms with Gasteiger partial charge in [0.2, 0.25) is 0 Å². The van der Waals surface area contributed by atoms with Crippen LogP contribution in [0.1, 0.15) is 41.7 Å². The quantitative estimate of drug-likeness (QED) is 0.666. The molecule has 0 aliphatic heterocycles. The van der Waals surface area contributed by atoms with Crippen molar-refractivity contribution in [2.45, 2.75) is 26.7 Å². The van der Waals surface area contributed by atoms with E-state index in [1.54, 1.807) is 0 Å². The molecule has 0 saturated carbocycles. The fourth-order valence-electron chi connectivity index (χ4n) is 2.58. The summed E-state index contributed by atoms with van der Waals surface area (Å²) in [6.45, 7) is 12.2. The van der Waals surface area contributed by atoms with Crippen LogP contribution in [0.15, 0.2) is 55.6 Å². The molecule has 2 aromatic rings. The van der Waals surface area contributed by atoms with Gasteiger partial charge in [-0.15, -0.1) is 0 Å². The Morgan fingerprint density at radius 1 is 1.10 bits per heavy atom. The summed E-state index contributed by atoms with van der Waals surface area (Å²) in [5.74, 6) is 0. The van der Waals surface area contributed by atoms with E-state index in [-0.39, 0.29) is 0 Å². The highest BCUT2D eigenvalue weighted by Gasteiger charge is 2.05. The maximum absolute atomic E-state index is 4.06. The van der Waals surface area contributed by atoms with Crippen molar-refractivity contribution >= 4 is 11.6 Å². The Labute approximate surface area is 122 Å². The van der Waals surface area contributed by atoms with Gasteiger partial charge in [-0.1, -0.05) is 74.2 Å². The van der Waals surface area contributed by atoms with Crippen LogP contribution in [0, 0.1) is 0 Å². The molecule has 0 spiro atoms. The van der Waals surface area contributed by atoms with Crippen LogP contribution in [0.5, 0.6) is 0 Å². The number of rotatable bonds is 5. The standard InChI is InChI=1S/C20H22/c1-5-17-9-7-8-10-19(17)14-16-11-12-20(15(3)4)18(6-2)13-16/h5,7-13H,1,3,6,14H2,2,4H3. The van der Waals surface area contributed by atoms with E-state index in [1.807, 2.05) is 6.08 Å². The number of hydrogen-bond acceptors (Lipinski definition) is 0. The molecule has 0 nitrogen and oxygen atoms in total. The predicted molar refractivity (Wildman–Crippen MR) is 89.9 cm³/mol. The van der Waals surface area contributed by atoms with Crippen LogP contribution in [0.2, 0.25) is 0 Å². The zero-order chi connectivity index (χ0) is 14.5. The Morgan fingerprint density at radius 3 is 2.50 bits per heavy atom.